The average Bonchev–Trinajstić information content (AvgIpc) is 2.16. The highest BCUT2D eigenvalue weighted by Crippen LogP contribution is 2.23. The van der Waals surface area contributed by atoms with Gasteiger partial charge in [-0.15, -0.1) is 0 Å². The van der Waals surface area contributed by atoms with Crippen LogP contribution < -0.4 is 0 Å². The highest BCUT2D eigenvalue weighted by Gasteiger charge is 2.28. The standard InChI is InChI=1S/C10H18INO3S/c1-10(2,3)14-9(13)12-6-4-5-8(7-12)15-16-11/h8H,4-7H2,1-3H3. The van der Waals surface area contributed by atoms with Gasteiger partial charge in [0.15, 0.2) is 0 Å². The Morgan fingerprint density at radius 2 is 2.19 bits per heavy atom. The molecule has 1 saturated heterocycles. The normalized spacial score (nSPS) is 22.0. The molecule has 94 valence electrons. The second-order valence-electron chi connectivity index (χ2n) is 4.85. The lowest BCUT2D eigenvalue weighted by atomic mass is 10.1. The minimum atomic E-state index is -0.428. The summed E-state index contributed by atoms with van der Waals surface area (Å²) in [5.41, 5.74) is -0.428. The van der Waals surface area contributed by atoms with Crippen LogP contribution in [0.15, 0.2) is 0 Å². The summed E-state index contributed by atoms with van der Waals surface area (Å²) in [5.74, 6) is 0. The Balaban J connectivity index is 2.44. The third kappa shape index (κ3) is 5.09. The predicted octanol–water partition coefficient (Wildman–Crippen LogP) is 3.40. The third-order valence-electron chi connectivity index (χ3n) is 2.20. The molecule has 1 fully saturated rings. The molecule has 1 rings (SSSR count). The predicted molar refractivity (Wildman–Crippen MR) is 73.5 cm³/mol. The van der Waals surface area contributed by atoms with E-state index in [9.17, 15) is 4.79 Å². The maximum Gasteiger partial charge on any atom is 0.410 e. The highest BCUT2D eigenvalue weighted by atomic mass is 127. The molecule has 0 aromatic heterocycles. The number of rotatable bonds is 2. The Hall–Kier alpha value is 0.310. The summed E-state index contributed by atoms with van der Waals surface area (Å²) in [6.45, 7) is 7.03. The van der Waals surface area contributed by atoms with E-state index in [1.54, 1.807) is 4.90 Å². The van der Waals surface area contributed by atoms with E-state index in [0.717, 1.165) is 19.4 Å². The van der Waals surface area contributed by atoms with Crippen LogP contribution in [0.2, 0.25) is 0 Å². The number of halogens is 1. The maximum atomic E-state index is 11.8. The highest BCUT2D eigenvalue weighted by molar-refractivity contribution is 14.2. The smallest absolute Gasteiger partial charge is 0.410 e. The lowest BCUT2D eigenvalue weighted by Gasteiger charge is -2.33. The molecule has 0 spiro atoms. The monoisotopic (exact) mass is 359 g/mol. The van der Waals surface area contributed by atoms with Gasteiger partial charge in [-0.1, -0.05) is 0 Å². The number of likely N-dealkylation sites (tertiary alicyclic amines) is 1. The lowest BCUT2D eigenvalue weighted by molar-refractivity contribution is 0.0102. The summed E-state index contributed by atoms with van der Waals surface area (Å²) < 4.78 is 10.8. The first-order valence-corrected chi connectivity index (χ1v) is 8.63. The van der Waals surface area contributed by atoms with Gasteiger partial charge in [0.2, 0.25) is 0 Å². The Bertz CT molecular complexity index is 243. The Morgan fingerprint density at radius 1 is 1.50 bits per heavy atom. The molecule has 1 unspecified atom stereocenters. The van der Waals surface area contributed by atoms with Crippen molar-refractivity contribution < 1.29 is 13.7 Å². The molecule has 0 aliphatic carbocycles. The Kier molecular flexibility index (Phi) is 5.66. The first-order chi connectivity index (χ1) is 7.42. The number of hydrogen-bond acceptors (Lipinski definition) is 4. The molecule has 6 heteroatoms. The van der Waals surface area contributed by atoms with Crippen LogP contribution >= 0.6 is 30.4 Å². The summed E-state index contributed by atoms with van der Waals surface area (Å²) in [6, 6.07) is 0. The molecule has 4 nitrogen and oxygen atoms in total. The van der Waals surface area contributed by atoms with Crippen molar-refractivity contribution in [2.75, 3.05) is 13.1 Å². The maximum absolute atomic E-state index is 11.8. The van der Waals surface area contributed by atoms with Crippen LogP contribution in [0.25, 0.3) is 0 Å². The second-order valence-corrected chi connectivity index (χ2v) is 6.25. The molecular weight excluding hydrogens is 341 g/mol. The Morgan fingerprint density at radius 3 is 2.75 bits per heavy atom. The van der Waals surface area contributed by atoms with Crippen LogP contribution in [0.5, 0.6) is 0 Å². The van der Waals surface area contributed by atoms with Crippen molar-refractivity contribution in [2.45, 2.75) is 45.3 Å². The molecule has 16 heavy (non-hydrogen) atoms. The van der Waals surface area contributed by atoms with E-state index in [1.165, 1.54) is 9.21 Å². The van der Waals surface area contributed by atoms with Gasteiger partial charge in [0, 0.05) is 27.8 Å². The van der Waals surface area contributed by atoms with Crippen LogP contribution in [-0.4, -0.2) is 35.8 Å². The molecule has 1 atom stereocenters. The van der Waals surface area contributed by atoms with E-state index in [4.69, 9.17) is 8.92 Å². The van der Waals surface area contributed by atoms with Gasteiger partial charge < -0.3 is 13.8 Å². The fourth-order valence-corrected chi connectivity index (χ4v) is 2.70. The Labute approximate surface area is 113 Å². The fraction of sp³-hybridized carbons (Fsp3) is 0.900. The fourth-order valence-electron chi connectivity index (χ4n) is 1.56. The molecule has 0 radical (unpaired) electrons. The van der Waals surface area contributed by atoms with Crippen LogP contribution in [-0.2, 0) is 8.92 Å². The van der Waals surface area contributed by atoms with Crippen LogP contribution in [0.3, 0.4) is 0 Å². The van der Waals surface area contributed by atoms with Gasteiger partial charge in [0.25, 0.3) is 0 Å². The first-order valence-electron chi connectivity index (χ1n) is 5.34. The molecule has 0 N–H and O–H groups in total. The van der Waals surface area contributed by atoms with Crippen molar-refractivity contribution in [3.8, 4) is 0 Å². The minimum Gasteiger partial charge on any atom is -0.444 e. The van der Waals surface area contributed by atoms with Crippen molar-refractivity contribution in [1.82, 2.24) is 4.90 Å². The van der Waals surface area contributed by atoms with E-state index in [-0.39, 0.29) is 12.2 Å². The molecule has 0 aromatic carbocycles. The number of piperidine rings is 1. The topological polar surface area (TPSA) is 38.8 Å². The SMILES string of the molecule is CC(C)(C)OC(=O)N1CCCC(OSI)C1. The lowest BCUT2D eigenvalue weighted by Crippen LogP contribution is -2.44. The first kappa shape index (κ1) is 14.4. The van der Waals surface area contributed by atoms with Crippen LogP contribution in [0.1, 0.15) is 33.6 Å². The van der Waals surface area contributed by atoms with Crippen LogP contribution in [0.4, 0.5) is 4.79 Å². The molecule has 0 saturated carbocycles. The van der Waals surface area contributed by atoms with Crippen molar-refractivity contribution >= 4 is 36.5 Å². The molecule has 1 amide bonds. The molecule has 0 bridgehead atoms. The van der Waals surface area contributed by atoms with Gasteiger partial charge >= 0.3 is 6.09 Å². The van der Waals surface area contributed by atoms with Crippen molar-refractivity contribution in [1.29, 1.82) is 0 Å². The van der Waals surface area contributed by atoms with E-state index >= 15 is 0 Å². The van der Waals surface area contributed by atoms with Crippen molar-refractivity contribution in [2.24, 2.45) is 0 Å². The van der Waals surface area contributed by atoms with E-state index in [0.29, 0.717) is 6.54 Å². The summed E-state index contributed by atoms with van der Waals surface area (Å²) in [5, 5.41) is 0. The summed E-state index contributed by atoms with van der Waals surface area (Å²) in [7, 11) is 1.33. The quantitative estimate of drug-likeness (QED) is 0.560. The molecule has 1 heterocycles. The van der Waals surface area contributed by atoms with E-state index in [1.807, 2.05) is 20.8 Å². The number of carbonyl (C=O) groups excluding carboxylic acids is 1. The van der Waals surface area contributed by atoms with E-state index in [2.05, 4.69) is 21.2 Å². The van der Waals surface area contributed by atoms with Gasteiger partial charge in [0.05, 0.1) is 21.9 Å². The summed E-state index contributed by atoms with van der Waals surface area (Å²) >= 11 is 2.10. The zero-order chi connectivity index (χ0) is 12.2. The zero-order valence-corrected chi connectivity index (χ0v) is 12.8. The van der Waals surface area contributed by atoms with Crippen molar-refractivity contribution in [3.63, 3.8) is 0 Å². The second kappa shape index (κ2) is 6.30. The van der Waals surface area contributed by atoms with Gasteiger partial charge in [-0.2, -0.15) is 0 Å². The number of nitrogens with zero attached hydrogens (tertiary/aromatic N) is 1. The van der Waals surface area contributed by atoms with Gasteiger partial charge in [-0.05, 0) is 33.6 Å². The molecule has 1 aliphatic rings. The number of carbonyl (C=O) groups is 1. The van der Waals surface area contributed by atoms with Crippen molar-refractivity contribution in [3.05, 3.63) is 0 Å². The third-order valence-corrected chi connectivity index (χ3v) is 3.17. The average molecular weight is 359 g/mol. The number of ether oxygens (including phenoxy) is 1. The number of hydrogen-bond donors (Lipinski definition) is 0. The summed E-state index contributed by atoms with van der Waals surface area (Å²) in [4.78, 5) is 13.5. The zero-order valence-electron chi connectivity index (χ0n) is 9.86. The molecule has 0 aromatic rings. The largest absolute Gasteiger partial charge is 0.444 e. The molecular formula is C10H18INO3S. The minimum absolute atomic E-state index is 0.128. The van der Waals surface area contributed by atoms with E-state index < -0.39 is 5.60 Å². The van der Waals surface area contributed by atoms with Gasteiger partial charge in [-0.25, -0.2) is 4.79 Å². The van der Waals surface area contributed by atoms with Gasteiger partial charge in [0.1, 0.15) is 5.60 Å². The van der Waals surface area contributed by atoms with Crippen LogP contribution in [0, 0.1) is 0 Å². The summed E-state index contributed by atoms with van der Waals surface area (Å²) in [6.07, 6.45) is 1.87. The van der Waals surface area contributed by atoms with Gasteiger partial charge in [-0.3, -0.25) is 0 Å². The molecule has 1 aliphatic heterocycles. The number of amides is 1.